The predicted molar refractivity (Wildman–Crippen MR) is 288 cm³/mol. The molecule has 0 aromatic carbocycles. The molecule has 0 fully saturated rings. The normalized spacial score (nSPS) is 12.7. The Kier molecular flexibility index (Phi) is 40.9. The molecule has 1 rings (SSSR count). The van der Waals surface area contributed by atoms with E-state index in [1.807, 2.05) is 0 Å². The maximum Gasteiger partial charge on any atom is 0.326 e. The van der Waals surface area contributed by atoms with Crippen molar-refractivity contribution in [1.82, 2.24) is 25.9 Å². The van der Waals surface area contributed by atoms with Gasteiger partial charge in [-0.3, -0.25) is 33.6 Å². The van der Waals surface area contributed by atoms with E-state index in [0.29, 0.717) is 51.7 Å². The van der Waals surface area contributed by atoms with Gasteiger partial charge in [0.15, 0.2) is 5.78 Å². The third kappa shape index (κ3) is 38.7. The third-order valence-corrected chi connectivity index (χ3v) is 13.3. The minimum atomic E-state index is -1.15. The Morgan fingerprint density at radius 1 is 0.627 bits per heavy atom. The van der Waals surface area contributed by atoms with Crippen LogP contribution in [-0.2, 0) is 63.7 Å². The number of nitrogens with zero attached hydrogens (tertiary/aromatic N) is 1. The van der Waals surface area contributed by atoms with Gasteiger partial charge in [0.05, 0.1) is 45.4 Å². The third-order valence-electron chi connectivity index (χ3n) is 13.3. The van der Waals surface area contributed by atoms with Gasteiger partial charge < -0.3 is 50.7 Å². The van der Waals surface area contributed by atoms with Gasteiger partial charge in [0, 0.05) is 81.4 Å². The molecule has 75 heavy (non-hydrogen) atoms. The molecule has 0 bridgehead atoms. The zero-order chi connectivity index (χ0) is 55.4. The summed E-state index contributed by atoms with van der Waals surface area (Å²) in [6.45, 7) is 8.98. The molecule has 0 saturated heterocycles. The minimum absolute atomic E-state index is 0.00108. The van der Waals surface area contributed by atoms with E-state index in [0.717, 1.165) is 31.4 Å². The van der Waals surface area contributed by atoms with Gasteiger partial charge in [0.2, 0.25) is 17.7 Å². The summed E-state index contributed by atoms with van der Waals surface area (Å²) in [5.74, 6) is -2.72. The molecule has 3 atom stereocenters. The summed E-state index contributed by atoms with van der Waals surface area (Å²) < 4.78 is 21.6. The molecule has 0 aliphatic heterocycles. The maximum absolute atomic E-state index is 13.1. The smallest absolute Gasteiger partial charge is 0.326 e. The fourth-order valence-corrected chi connectivity index (χ4v) is 8.47. The molecular formula is C56H98N6O13. The highest BCUT2D eigenvalue weighted by atomic mass is 16.5. The van der Waals surface area contributed by atoms with Crippen LogP contribution in [0.1, 0.15) is 200 Å². The number of ketones is 4. The largest absolute Gasteiger partial charge is 0.480 e. The van der Waals surface area contributed by atoms with Crippen LogP contribution in [0, 0.1) is 11.3 Å². The second kappa shape index (κ2) is 44.7. The number of hydrogen-bond acceptors (Lipinski definition) is 14. The molecular weight excluding hydrogens is 965 g/mol. The molecule has 1 aromatic rings. The van der Waals surface area contributed by atoms with Crippen LogP contribution in [0.2, 0.25) is 0 Å². The van der Waals surface area contributed by atoms with Gasteiger partial charge in [0.25, 0.3) is 0 Å². The molecule has 1 heterocycles. The van der Waals surface area contributed by atoms with Gasteiger partial charge >= 0.3 is 5.97 Å². The van der Waals surface area contributed by atoms with Crippen molar-refractivity contribution in [2.75, 3.05) is 65.9 Å². The van der Waals surface area contributed by atoms with Crippen molar-refractivity contribution in [2.45, 2.75) is 213 Å². The fraction of sp³-hybridized carbons (Fsp3) is 0.804. The lowest BCUT2D eigenvalue weighted by Gasteiger charge is -2.25. The Hall–Kier alpha value is -4.43. The topological polar surface area (TPSA) is 285 Å². The highest BCUT2D eigenvalue weighted by molar-refractivity contribution is 5.93. The van der Waals surface area contributed by atoms with E-state index in [2.05, 4.69) is 32.8 Å². The van der Waals surface area contributed by atoms with E-state index in [9.17, 15) is 43.5 Å². The number of carboxylic acids is 1. The first-order valence-electron chi connectivity index (χ1n) is 28.2. The summed E-state index contributed by atoms with van der Waals surface area (Å²) in [4.78, 5) is 106. The van der Waals surface area contributed by atoms with Crippen molar-refractivity contribution in [3.05, 3.63) is 18.2 Å². The van der Waals surface area contributed by atoms with Gasteiger partial charge in [-0.2, -0.15) is 0 Å². The molecule has 19 heteroatoms. The van der Waals surface area contributed by atoms with Crippen molar-refractivity contribution in [2.24, 2.45) is 17.1 Å². The summed E-state index contributed by atoms with van der Waals surface area (Å²) in [5, 5.41) is 17.6. The van der Waals surface area contributed by atoms with Crippen molar-refractivity contribution >= 4 is 46.8 Å². The molecule has 7 N–H and O–H groups in total. The first-order chi connectivity index (χ1) is 36.0. The number of H-pyrrole nitrogens is 1. The van der Waals surface area contributed by atoms with E-state index in [1.165, 1.54) is 83.9 Å². The number of aliphatic carboxylic acids is 1. The maximum atomic E-state index is 13.1. The zero-order valence-electron chi connectivity index (χ0n) is 46.4. The summed E-state index contributed by atoms with van der Waals surface area (Å²) in [6, 6.07) is -1.84. The van der Waals surface area contributed by atoms with Crippen LogP contribution >= 0.6 is 0 Å². The van der Waals surface area contributed by atoms with Crippen LogP contribution < -0.4 is 21.7 Å². The number of unbranched alkanes of at least 4 members (excludes halogenated alkanes) is 15. The Balaban J connectivity index is 1.98. The first kappa shape index (κ1) is 68.6. The SMILES string of the molecule is CCCCCCCCCCCCCCCCCC(=O)N[C@@H](CCC(=O)CCCOCCOCC(=O)NCCOCCOCC(=O)NCCCC[C@H](CCC(=O)C(C)(C)CC(=O)[C@@H](N)Cc1cnc[nH]1)C(C)=O)C(=O)O. The van der Waals surface area contributed by atoms with Crippen LogP contribution in [0.5, 0.6) is 0 Å². The highest BCUT2D eigenvalue weighted by Gasteiger charge is 2.32. The quantitative estimate of drug-likeness (QED) is 0.0351. The molecule has 0 radical (unpaired) electrons. The fourth-order valence-electron chi connectivity index (χ4n) is 8.47. The van der Waals surface area contributed by atoms with E-state index in [1.54, 1.807) is 20.0 Å². The average Bonchev–Trinajstić information content (AvgIpc) is 3.89. The number of amides is 3. The van der Waals surface area contributed by atoms with Crippen LogP contribution in [0.3, 0.4) is 0 Å². The molecule has 1 aromatic heterocycles. The van der Waals surface area contributed by atoms with Crippen molar-refractivity contribution in [3.63, 3.8) is 0 Å². The van der Waals surface area contributed by atoms with E-state index >= 15 is 0 Å². The van der Waals surface area contributed by atoms with Gasteiger partial charge in [-0.1, -0.05) is 117 Å². The number of rotatable bonds is 53. The second-order valence-electron chi connectivity index (χ2n) is 20.5. The average molecular weight is 1060 g/mol. The molecule has 0 unspecified atom stereocenters. The number of aromatic amines is 1. The number of imidazole rings is 1. The number of hydrogen-bond donors (Lipinski definition) is 6. The Morgan fingerprint density at radius 2 is 1.19 bits per heavy atom. The van der Waals surface area contributed by atoms with Gasteiger partial charge in [-0.25, -0.2) is 9.78 Å². The number of ether oxygens (including phenoxy) is 4. The summed E-state index contributed by atoms with van der Waals surface area (Å²) in [6.07, 6.45) is 25.5. The van der Waals surface area contributed by atoms with Gasteiger partial charge in [0.1, 0.15) is 36.6 Å². The molecule has 0 spiro atoms. The number of aromatic nitrogens is 2. The van der Waals surface area contributed by atoms with Crippen molar-refractivity contribution in [3.8, 4) is 0 Å². The van der Waals surface area contributed by atoms with Crippen LogP contribution in [0.4, 0.5) is 0 Å². The minimum Gasteiger partial charge on any atom is -0.480 e. The number of carbonyl (C=O) groups excluding carboxylic acids is 7. The summed E-state index contributed by atoms with van der Waals surface area (Å²) in [7, 11) is 0. The first-order valence-corrected chi connectivity index (χ1v) is 28.2. The number of nitrogens with two attached hydrogens (primary N) is 1. The Labute approximate surface area is 448 Å². The monoisotopic (exact) mass is 1060 g/mol. The lowest BCUT2D eigenvalue weighted by atomic mass is 9.78. The van der Waals surface area contributed by atoms with E-state index in [-0.39, 0.29) is 138 Å². The van der Waals surface area contributed by atoms with Crippen LogP contribution in [0.25, 0.3) is 0 Å². The van der Waals surface area contributed by atoms with Crippen LogP contribution in [0.15, 0.2) is 12.5 Å². The van der Waals surface area contributed by atoms with Gasteiger partial charge in [-0.05, 0) is 45.4 Å². The summed E-state index contributed by atoms with van der Waals surface area (Å²) >= 11 is 0. The molecule has 3 amide bonds. The molecule has 0 aliphatic carbocycles. The molecule has 0 aliphatic rings. The number of carbonyl (C=O) groups is 8. The van der Waals surface area contributed by atoms with Crippen molar-refractivity contribution < 1.29 is 62.4 Å². The lowest BCUT2D eigenvalue weighted by molar-refractivity contribution is -0.142. The van der Waals surface area contributed by atoms with E-state index in [4.69, 9.17) is 24.7 Å². The second-order valence-corrected chi connectivity index (χ2v) is 20.5. The lowest BCUT2D eigenvalue weighted by Crippen LogP contribution is -2.41. The standard InChI is InChI=1S/C56H98N6O13/c1-5-6-7-8-9-10-11-12-13-14-15-16-17-18-19-25-52(67)62-49(55(70)71)28-27-47(64)24-22-32-72-34-36-74-42-54(69)60-31-33-73-35-37-75-41-53(68)59-30-21-20-23-45(44(2)63)26-29-51(66)56(3,4)39-50(65)48(57)38-46-40-58-43-61-46/h40,43,45,48-49H,5-39,41-42,57H2,1-4H3,(H,58,61)(H,59,68)(H,60,69)(H,62,67)(H,70,71)/t45-,48+,49+/m1/s1. The number of carboxylic acid groups (broad SMARTS) is 1. The molecule has 430 valence electrons. The van der Waals surface area contributed by atoms with E-state index < -0.39 is 23.5 Å². The van der Waals surface area contributed by atoms with Gasteiger partial charge in [-0.15, -0.1) is 0 Å². The highest BCUT2D eigenvalue weighted by Crippen LogP contribution is 2.28. The van der Waals surface area contributed by atoms with Crippen molar-refractivity contribution in [1.29, 1.82) is 0 Å². The molecule has 0 saturated carbocycles. The molecule has 19 nitrogen and oxygen atoms in total. The van der Waals surface area contributed by atoms with Crippen LogP contribution in [-0.4, -0.2) is 140 Å². The number of nitrogens with one attached hydrogen (secondary N) is 4. The Bertz CT molecular complexity index is 1730. The summed E-state index contributed by atoms with van der Waals surface area (Å²) in [5.41, 5.74) is 5.92. The Morgan fingerprint density at radius 3 is 1.75 bits per heavy atom. The number of Topliss-reactive ketones (excluding diaryl/α,β-unsaturated/α-hetero) is 4. The predicted octanol–water partition coefficient (Wildman–Crippen LogP) is 7.25. The zero-order valence-corrected chi connectivity index (χ0v) is 46.4.